The van der Waals surface area contributed by atoms with Gasteiger partial charge in [0.1, 0.15) is 11.6 Å². The monoisotopic (exact) mass is 292 g/mol. The Labute approximate surface area is 115 Å². The quantitative estimate of drug-likeness (QED) is 0.390. The zero-order valence-electron chi connectivity index (χ0n) is 11.3. The lowest BCUT2D eigenvalue weighted by Crippen LogP contribution is -2.15. The second-order valence-corrected chi connectivity index (χ2v) is 4.16. The van der Waals surface area contributed by atoms with E-state index in [2.05, 4.69) is 22.7 Å². The summed E-state index contributed by atoms with van der Waals surface area (Å²) in [5.41, 5.74) is 1.31. The Kier molecular flexibility index (Phi) is 6.53. The van der Waals surface area contributed by atoms with Crippen molar-refractivity contribution in [2.75, 3.05) is 30.5 Å². The lowest BCUT2D eigenvalue weighted by molar-refractivity contribution is -0.137. The average molecular weight is 292 g/mol. The summed E-state index contributed by atoms with van der Waals surface area (Å²) in [5, 5.41) is 2.78. The summed E-state index contributed by atoms with van der Waals surface area (Å²) >= 11 is 0. The van der Waals surface area contributed by atoms with Gasteiger partial charge in [0.15, 0.2) is 0 Å². The maximum atomic E-state index is 12.7. The number of hydrogen-bond acceptors (Lipinski definition) is 5. The molecule has 8 heteroatoms. The molecule has 1 heterocycles. The van der Waals surface area contributed by atoms with E-state index in [9.17, 15) is 13.2 Å². The van der Waals surface area contributed by atoms with E-state index in [1.807, 2.05) is 0 Å². The molecule has 1 aromatic rings. The first-order valence-corrected chi connectivity index (χ1v) is 6.35. The molecule has 0 saturated carbocycles. The van der Waals surface area contributed by atoms with Crippen LogP contribution in [0.3, 0.4) is 0 Å². The number of nitrogen functional groups attached to an aromatic ring is 1. The number of nitrogens with two attached hydrogens (primary N) is 1. The highest BCUT2D eigenvalue weighted by Crippen LogP contribution is 2.31. The third-order valence-electron chi connectivity index (χ3n) is 2.50. The van der Waals surface area contributed by atoms with Gasteiger partial charge >= 0.3 is 6.18 Å². The van der Waals surface area contributed by atoms with Crippen LogP contribution in [0.4, 0.5) is 24.8 Å². The molecule has 0 bridgehead atoms. The van der Waals surface area contributed by atoms with Crippen molar-refractivity contribution in [1.82, 2.24) is 4.98 Å². The van der Waals surface area contributed by atoms with Gasteiger partial charge in [-0.3, -0.25) is 0 Å². The van der Waals surface area contributed by atoms with Gasteiger partial charge < -0.3 is 15.5 Å². The Bertz CT molecular complexity index is 412. The molecule has 114 valence electrons. The van der Waals surface area contributed by atoms with E-state index < -0.39 is 11.7 Å². The molecule has 0 fully saturated rings. The molecule has 0 atom stereocenters. The molecule has 1 aromatic heterocycles. The number of unbranched alkanes of at least 4 members (excludes halogenated alkanes) is 1. The average Bonchev–Trinajstić information content (AvgIpc) is 2.41. The van der Waals surface area contributed by atoms with Crippen LogP contribution in [0.2, 0.25) is 0 Å². The zero-order chi connectivity index (χ0) is 15.0. The highest BCUT2D eigenvalue weighted by atomic mass is 19.4. The molecule has 4 N–H and O–H groups in total. The first-order valence-electron chi connectivity index (χ1n) is 6.35. The van der Waals surface area contributed by atoms with E-state index in [1.165, 1.54) is 0 Å². The maximum Gasteiger partial charge on any atom is 0.416 e. The van der Waals surface area contributed by atoms with E-state index in [4.69, 9.17) is 10.6 Å². The minimum absolute atomic E-state index is 0.0470. The molecule has 0 radical (unpaired) electrons. The number of pyridine rings is 1. The number of ether oxygens (including phenoxy) is 1. The Balaban J connectivity index is 2.56. The molecule has 0 aromatic carbocycles. The fourth-order valence-electron chi connectivity index (χ4n) is 1.46. The number of hydrogen-bond donors (Lipinski definition) is 3. The van der Waals surface area contributed by atoms with Gasteiger partial charge in [0, 0.05) is 13.2 Å². The lowest BCUT2D eigenvalue weighted by atomic mass is 10.2. The number of rotatable bonds is 8. The highest BCUT2D eigenvalue weighted by Gasteiger charge is 2.31. The summed E-state index contributed by atoms with van der Waals surface area (Å²) in [6, 6.07) is 1.79. The Hall–Kier alpha value is -1.54. The van der Waals surface area contributed by atoms with Gasteiger partial charge in [-0.2, -0.15) is 13.2 Å². The number of nitrogens with one attached hydrogen (secondary N) is 2. The van der Waals surface area contributed by atoms with Crippen molar-refractivity contribution in [3.05, 3.63) is 17.7 Å². The molecule has 1 rings (SSSR count). The second-order valence-electron chi connectivity index (χ2n) is 4.16. The fourth-order valence-corrected chi connectivity index (χ4v) is 1.46. The minimum atomic E-state index is -4.44. The smallest absolute Gasteiger partial charge is 0.380 e. The van der Waals surface area contributed by atoms with Crippen molar-refractivity contribution in [2.24, 2.45) is 5.84 Å². The summed E-state index contributed by atoms with van der Waals surface area (Å²) < 4.78 is 43.3. The molecular weight excluding hydrogens is 273 g/mol. The standard InChI is InChI=1S/C12H19F3N4O/c1-2-3-5-20-6-4-17-10-7-9(12(13,14)15)8-11(18-10)19-16/h7-8H,2-6,16H2,1H3,(H2,17,18,19). The largest absolute Gasteiger partial charge is 0.416 e. The molecule has 0 aliphatic heterocycles. The number of alkyl halides is 3. The third-order valence-corrected chi connectivity index (χ3v) is 2.50. The minimum Gasteiger partial charge on any atom is -0.380 e. The van der Waals surface area contributed by atoms with E-state index >= 15 is 0 Å². The van der Waals surface area contributed by atoms with Crippen LogP contribution in [0.15, 0.2) is 12.1 Å². The second kappa shape index (κ2) is 7.91. The van der Waals surface area contributed by atoms with E-state index in [0.29, 0.717) is 19.8 Å². The number of anilines is 2. The Morgan fingerprint density at radius 3 is 2.55 bits per heavy atom. The van der Waals surface area contributed by atoms with Gasteiger partial charge in [-0.25, -0.2) is 10.8 Å². The van der Waals surface area contributed by atoms with Crippen molar-refractivity contribution in [2.45, 2.75) is 25.9 Å². The maximum absolute atomic E-state index is 12.7. The normalized spacial score (nSPS) is 11.4. The molecule has 0 aliphatic rings. The number of aromatic nitrogens is 1. The van der Waals surface area contributed by atoms with Gasteiger partial charge in [-0.05, 0) is 18.6 Å². The van der Waals surface area contributed by atoms with Gasteiger partial charge in [0.05, 0.1) is 12.2 Å². The molecule has 20 heavy (non-hydrogen) atoms. The lowest BCUT2D eigenvalue weighted by Gasteiger charge is -2.12. The van der Waals surface area contributed by atoms with Crippen LogP contribution in [0.5, 0.6) is 0 Å². The topological polar surface area (TPSA) is 72.2 Å². The molecule has 0 saturated heterocycles. The predicted molar refractivity (Wildman–Crippen MR) is 71.3 cm³/mol. The zero-order valence-corrected chi connectivity index (χ0v) is 11.3. The highest BCUT2D eigenvalue weighted by molar-refractivity contribution is 5.49. The molecule has 0 spiro atoms. The van der Waals surface area contributed by atoms with Crippen molar-refractivity contribution >= 4 is 11.6 Å². The molecule has 0 aliphatic carbocycles. The first-order chi connectivity index (χ1) is 9.47. The summed E-state index contributed by atoms with van der Waals surface area (Å²) in [6.45, 7) is 3.48. The summed E-state index contributed by atoms with van der Waals surface area (Å²) in [7, 11) is 0. The predicted octanol–water partition coefficient (Wildman–Crippen LogP) is 2.61. The molecular formula is C12H19F3N4O. The van der Waals surface area contributed by atoms with E-state index in [-0.39, 0.29) is 11.6 Å². The first kappa shape index (κ1) is 16.5. The van der Waals surface area contributed by atoms with Crippen molar-refractivity contribution in [3.8, 4) is 0 Å². The Morgan fingerprint density at radius 2 is 1.95 bits per heavy atom. The molecule has 5 nitrogen and oxygen atoms in total. The van der Waals surface area contributed by atoms with Crippen LogP contribution >= 0.6 is 0 Å². The van der Waals surface area contributed by atoms with Crippen LogP contribution in [0.1, 0.15) is 25.3 Å². The van der Waals surface area contributed by atoms with Crippen LogP contribution in [0.25, 0.3) is 0 Å². The summed E-state index contributed by atoms with van der Waals surface area (Å²) in [4.78, 5) is 3.90. The fraction of sp³-hybridized carbons (Fsp3) is 0.583. The van der Waals surface area contributed by atoms with Crippen molar-refractivity contribution in [3.63, 3.8) is 0 Å². The summed E-state index contributed by atoms with van der Waals surface area (Å²) in [6.07, 6.45) is -2.44. The summed E-state index contributed by atoms with van der Waals surface area (Å²) in [5.74, 6) is 5.16. The SMILES string of the molecule is CCCCOCCNc1cc(C(F)(F)F)cc(NN)n1. The number of halogens is 3. The van der Waals surface area contributed by atoms with Crippen molar-refractivity contribution in [1.29, 1.82) is 0 Å². The van der Waals surface area contributed by atoms with E-state index in [0.717, 1.165) is 25.0 Å². The van der Waals surface area contributed by atoms with Crippen LogP contribution in [0, 0.1) is 0 Å². The van der Waals surface area contributed by atoms with Gasteiger partial charge in [-0.1, -0.05) is 13.3 Å². The van der Waals surface area contributed by atoms with Crippen LogP contribution in [-0.4, -0.2) is 24.7 Å². The van der Waals surface area contributed by atoms with Gasteiger partial charge in [0.2, 0.25) is 0 Å². The Morgan fingerprint density at radius 1 is 1.25 bits per heavy atom. The van der Waals surface area contributed by atoms with Crippen LogP contribution < -0.4 is 16.6 Å². The third kappa shape index (κ3) is 5.62. The van der Waals surface area contributed by atoms with Crippen LogP contribution in [-0.2, 0) is 10.9 Å². The van der Waals surface area contributed by atoms with Gasteiger partial charge in [0.25, 0.3) is 0 Å². The number of hydrazine groups is 1. The molecule has 0 unspecified atom stereocenters. The van der Waals surface area contributed by atoms with Gasteiger partial charge in [-0.15, -0.1) is 0 Å². The van der Waals surface area contributed by atoms with Crippen molar-refractivity contribution < 1.29 is 17.9 Å². The molecule has 0 amide bonds. The number of nitrogens with zero attached hydrogens (tertiary/aromatic N) is 1. The van der Waals surface area contributed by atoms with E-state index in [1.54, 1.807) is 0 Å².